The molecule has 2 saturated heterocycles. The van der Waals surface area contributed by atoms with Crippen LogP contribution < -0.4 is 4.74 Å². The van der Waals surface area contributed by atoms with Gasteiger partial charge in [-0.2, -0.15) is 0 Å². The summed E-state index contributed by atoms with van der Waals surface area (Å²) in [6, 6.07) is 7.69. The van der Waals surface area contributed by atoms with Crippen molar-refractivity contribution in [3.05, 3.63) is 29.8 Å². The number of piperidine rings is 2. The van der Waals surface area contributed by atoms with Crippen LogP contribution in [-0.4, -0.2) is 66.8 Å². The number of ether oxygens (including phenoxy) is 1. The summed E-state index contributed by atoms with van der Waals surface area (Å²) in [4.78, 5) is 17.3. The number of hydrogen-bond acceptors (Lipinski definition) is 4. The normalized spacial score (nSPS) is 27.6. The SMILES string of the molecule is CCOc1ccccc1C(=O)N1CC[C@@]2(CO)CCCN(C)[C@@H]2C1. The van der Waals surface area contributed by atoms with E-state index < -0.39 is 0 Å². The largest absolute Gasteiger partial charge is 0.493 e. The number of benzene rings is 1. The van der Waals surface area contributed by atoms with Gasteiger partial charge >= 0.3 is 0 Å². The highest BCUT2D eigenvalue weighted by Crippen LogP contribution is 2.41. The first kappa shape index (κ1) is 17.2. The van der Waals surface area contributed by atoms with Crippen molar-refractivity contribution < 1.29 is 14.6 Å². The predicted octanol–water partition coefficient (Wildman–Crippen LogP) is 2.00. The molecule has 2 atom stereocenters. The minimum absolute atomic E-state index is 0.0320. The number of rotatable bonds is 4. The number of amides is 1. The molecule has 1 N–H and O–H groups in total. The van der Waals surface area contributed by atoms with Crippen molar-refractivity contribution in [1.82, 2.24) is 9.80 Å². The van der Waals surface area contributed by atoms with E-state index in [1.165, 1.54) is 0 Å². The summed E-state index contributed by atoms with van der Waals surface area (Å²) in [5, 5.41) is 10.0. The van der Waals surface area contributed by atoms with Gasteiger partial charge < -0.3 is 19.6 Å². The van der Waals surface area contributed by atoms with E-state index in [1.54, 1.807) is 0 Å². The van der Waals surface area contributed by atoms with Crippen LogP contribution in [0.3, 0.4) is 0 Å². The van der Waals surface area contributed by atoms with Gasteiger partial charge in [0.05, 0.1) is 18.8 Å². The topological polar surface area (TPSA) is 53.0 Å². The van der Waals surface area contributed by atoms with Gasteiger partial charge in [-0.1, -0.05) is 12.1 Å². The zero-order valence-electron chi connectivity index (χ0n) is 14.7. The lowest BCUT2D eigenvalue weighted by atomic mass is 9.69. The van der Waals surface area contributed by atoms with Gasteiger partial charge in [0.25, 0.3) is 5.91 Å². The van der Waals surface area contributed by atoms with Crippen LogP contribution in [0.15, 0.2) is 24.3 Å². The Morgan fingerprint density at radius 1 is 1.33 bits per heavy atom. The predicted molar refractivity (Wildman–Crippen MR) is 93.3 cm³/mol. The van der Waals surface area contributed by atoms with Crippen molar-refractivity contribution in [3.8, 4) is 5.75 Å². The number of aliphatic hydroxyl groups excluding tert-OH is 1. The molecular weight excluding hydrogens is 304 g/mol. The fourth-order valence-corrected chi connectivity index (χ4v) is 4.30. The van der Waals surface area contributed by atoms with Crippen molar-refractivity contribution >= 4 is 5.91 Å². The number of carbonyl (C=O) groups excluding carboxylic acids is 1. The standard InChI is InChI=1S/C19H28N2O3/c1-3-24-16-8-5-4-7-15(16)18(23)21-12-10-19(14-22)9-6-11-20(2)17(19)13-21/h4-5,7-8,17,22H,3,6,9-14H2,1-2H3/t17-,19-/m1/s1. The molecule has 0 bridgehead atoms. The molecule has 2 aliphatic rings. The fraction of sp³-hybridized carbons (Fsp3) is 0.632. The molecule has 0 spiro atoms. The number of aliphatic hydroxyl groups is 1. The third-order valence-corrected chi connectivity index (χ3v) is 5.72. The highest BCUT2D eigenvalue weighted by Gasteiger charge is 2.47. The van der Waals surface area contributed by atoms with Crippen LogP contribution in [0.4, 0.5) is 0 Å². The summed E-state index contributed by atoms with van der Waals surface area (Å²) < 4.78 is 5.62. The van der Waals surface area contributed by atoms with Crippen molar-refractivity contribution in [2.75, 3.05) is 39.9 Å². The number of likely N-dealkylation sites (N-methyl/N-ethyl adjacent to an activating group) is 1. The Kier molecular flexibility index (Phi) is 5.11. The van der Waals surface area contributed by atoms with Crippen LogP contribution in [-0.2, 0) is 0 Å². The van der Waals surface area contributed by atoms with Gasteiger partial charge in [0.15, 0.2) is 0 Å². The van der Waals surface area contributed by atoms with E-state index in [4.69, 9.17) is 4.74 Å². The van der Waals surface area contributed by atoms with E-state index in [2.05, 4.69) is 11.9 Å². The van der Waals surface area contributed by atoms with Crippen molar-refractivity contribution in [3.63, 3.8) is 0 Å². The summed E-state index contributed by atoms with van der Waals surface area (Å²) in [6.07, 6.45) is 3.03. The van der Waals surface area contributed by atoms with Crippen LogP contribution in [0.25, 0.3) is 0 Å². The lowest BCUT2D eigenvalue weighted by molar-refractivity contribution is -0.0601. The lowest BCUT2D eigenvalue weighted by Gasteiger charge is -2.53. The Hall–Kier alpha value is -1.59. The van der Waals surface area contributed by atoms with Crippen LogP contribution in [0.2, 0.25) is 0 Å². The first-order valence-corrected chi connectivity index (χ1v) is 8.93. The van der Waals surface area contributed by atoms with Crippen LogP contribution in [0.5, 0.6) is 5.75 Å². The van der Waals surface area contributed by atoms with Crippen LogP contribution in [0, 0.1) is 5.41 Å². The zero-order valence-corrected chi connectivity index (χ0v) is 14.7. The summed E-state index contributed by atoms with van der Waals surface area (Å²) >= 11 is 0. The summed E-state index contributed by atoms with van der Waals surface area (Å²) in [6.45, 7) is 5.09. The molecule has 0 unspecified atom stereocenters. The molecule has 1 aromatic rings. The molecule has 2 heterocycles. The number of fused-ring (bicyclic) bond motifs is 1. The highest BCUT2D eigenvalue weighted by atomic mass is 16.5. The Morgan fingerprint density at radius 2 is 2.12 bits per heavy atom. The first-order valence-electron chi connectivity index (χ1n) is 8.93. The quantitative estimate of drug-likeness (QED) is 0.916. The molecular formula is C19H28N2O3. The van der Waals surface area contributed by atoms with E-state index in [-0.39, 0.29) is 24.0 Å². The molecule has 0 aliphatic carbocycles. The third-order valence-electron chi connectivity index (χ3n) is 5.72. The zero-order chi connectivity index (χ0) is 17.2. The van der Waals surface area contributed by atoms with Gasteiger partial charge in [-0.25, -0.2) is 0 Å². The molecule has 3 rings (SSSR count). The maximum atomic E-state index is 13.0. The molecule has 1 aromatic carbocycles. The molecule has 0 aromatic heterocycles. The Balaban J connectivity index is 1.80. The maximum absolute atomic E-state index is 13.0. The van der Waals surface area contributed by atoms with E-state index in [1.807, 2.05) is 36.1 Å². The number of carbonyl (C=O) groups is 1. The monoisotopic (exact) mass is 332 g/mol. The molecule has 132 valence electrons. The average molecular weight is 332 g/mol. The summed E-state index contributed by atoms with van der Waals surface area (Å²) in [5.41, 5.74) is 0.581. The second-order valence-electron chi connectivity index (χ2n) is 7.05. The minimum Gasteiger partial charge on any atom is -0.493 e. The van der Waals surface area contributed by atoms with E-state index in [0.717, 1.165) is 25.8 Å². The fourth-order valence-electron chi connectivity index (χ4n) is 4.30. The second kappa shape index (κ2) is 7.11. The minimum atomic E-state index is -0.0524. The lowest BCUT2D eigenvalue weighted by Crippen LogP contribution is -2.62. The van der Waals surface area contributed by atoms with Gasteiger partial charge in [0.2, 0.25) is 0 Å². The number of para-hydroxylation sites is 1. The summed E-state index contributed by atoms with van der Waals surface area (Å²) in [7, 11) is 2.11. The molecule has 24 heavy (non-hydrogen) atoms. The summed E-state index contributed by atoms with van der Waals surface area (Å²) in [5.74, 6) is 0.686. The molecule has 0 saturated carbocycles. The third kappa shape index (κ3) is 3.03. The molecule has 5 heteroatoms. The van der Waals surface area contributed by atoms with Gasteiger partial charge in [-0.15, -0.1) is 0 Å². The molecule has 2 aliphatic heterocycles. The second-order valence-corrected chi connectivity index (χ2v) is 7.05. The smallest absolute Gasteiger partial charge is 0.257 e. The number of nitrogens with zero attached hydrogens (tertiary/aromatic N) is 2. The average Bonchev–Trinajstić information content (AvgIpc) is 2.62. The van der Waals surface area contributed by atoms with Gasteiger partial charge in [-0.05, 0) is 51.9 Å². The van der Waals surface area contributed by atoms with Crippen LogP contribution in [0.1, 0.15) is 36.5 Å². The van der Waals surface area contributed by atoms with E-state index in [0.29, 0.717) is 31.0 Å². The maximum Gasteiger partial charge on any atom is 0.257 e. The van der Waals surface area contributed by atoms with Gasteiger partial charge in [0.1, 0.15) is 5.75 Å². The number of hydrogen-bond donors (Lipinski definition) is 1. The van der Waals surface area contributed by atoms with Crippen molar-refractivity contribution in [2.24, 2.45) is 5.41 Å². The van der Waals surface area contributed by atoms with Crippen molar-refractivity contribution in [1.29, 1.82) is 0 Å². The molecule has 0 radical (unpaired) electrons. The van der Waals surface area contributed by atoms with Gasteiger partial charge in [0, 0.05) is 24.5 Å². The van der Waals surface area contributed by atoms with Gasteiger partial charge in [-0.3, -0.25) is 4.79 Å². The molecule has 2 fully saturated rings. The molecule has 1 amide bonds. The van der Waals surface area contributed by atoms with Crippen LogP contribution >= 0.6 is 0 Å². The Bertz CT molecular complexity index is 592. The number of likely N-dealkylation sites (tertiary alicyclic amines) is 2. The Morgan fingerprint density at radius 3 is 2.88 bits per heavy atom. The highest BCUT2D eigenvalue weighted by molar-refractivity contribution is 5.97. The first-order chi connectivity index (χ1) is 11.6. The Labute approximate surface area is 144 Å². The van der Waals surface area contributed by atoms with Crippen molar-refractivity contribution in [2.45, 2.75) is 32.2 Å². The van der Waals surface area contributed by atoms with E-state index in [9.17, 15) is 9.90 Å². The molecule has 5 nitrogen and oxygen atoms in total. The van der Waals surface area contributed by atoms with E-state index >= 15 is 0 Å².